The normalized spacial score (nSPS) is 12.6. The summed E-state index contributed by atoms with van der Waals surface area (Å²) in [6, 6.07) is 4.85. The third-order valence-electron chi connectivity index (χ3n) is 2.65. The minimum atomic E-state index is -4.65. The van der Waals surface area contributed by atoms with Gasteiger partial charge in [-0.25, -0.2) is 17.5 Å². The maximum absolute atomic E-state index is 13.6. The largest absolute Gasteiger partial charge is 0.416 e. The summed E-state index contributed by atoms with van der Waals surface area (Å²) in [6.45, 7) is -0.443. The summed E-state index contributed by atoms with van der Waals surface area (Å²) >= 11 is 4.08. The first kappa shape index (κ1) is 17.4. The predicted molar refractivity (Wildman–Crippen MR) is 77.4 cm³/mol. The van der Waals surface area contributed by atoms with Gasteiger partial charge in [0.15, 0.2) is 0 Å². The van der Waals surface area contributed by atoms with Crippen molar-refractivity contribution in [3.63, 3.8) is 0 Å². The van der Waals surface area contributed by atoms with Crippen LogP contribution in [0.15, 0.2) is 38.3 Å². The second-order valence-corrected chi connectivity index (χ2v) is 8.64. The molecule has 1 aromatic heterocycles. The summed E-state index contributed by atoms with van der Waals surface area (Å²) in [5.74, 6) is -1.12. The van der Waals surface area contributed by atoms with Crippen LogP contribution in [0.2, 0.25) is 0 Å². The Labute approximate surface area is 136 Å². The molecule has 1 heterocycles. The zero-order valence-corrected chi connectivity index (χ0v) is 13.8. The monoisotopic (exact) mass is 417 g/mol. The number of hydrogen-bond acceptors (Lipinski definition) is 3. The molecule has 0 bridgehead atoms. The lowest BCUT2D eigenvalue weighted by atomic mass is 10.1. The fourth-order valence-corrected chi connectivity index (χ4v) is 4.61. The molecule has 120 valence electrons. The number of rotatable bonds is 4. The van der Waals surface area contributed by atoms with Crippen molar-refractivity contribution in [3.8, 4) is 0 Å². The Morgan fingerprint density at radius 3 is 2.36 bits per heavy atom. The number of thiophene rings is 1. The summed E-state index contributed by atoms with van der Waals surface area (Å²) in [5.41, 5.74) is -1.30. The summed E-state index contributed by atoms with van der Waals surface area (Å²) in [5, 5.41) is 0. The number of sulfonamides is 1. The second kappa shape index (κ2) is 6.26. The zero-order valence-electron chi connectivity index (χ0n) is 10.6. The quantitative estimate of drug-likeness (QED) is 0.759. The number of nitrogens with one attached hydrogen (secondary N) is 1. The van der Waals surface area contributed by atoms with E-state index >= 15 is 0 Å². The van der Waals surface area contributed by atoms with Gasteiger partial charge in [0.05, 0.1) is 9.35 Å². The SMILES string of the molecule is O=S(=O)(NCc1ccc(C(F)(F)F)cc1F)c1ccc(Br)s1. The summed E-state index contributed by atoms with van der Waals surface area (Å²) in [4.78, 5) is 0. The Bertz CT molecular complexity index is 787. The van der Waals surface area contributed by atoms with Gasteiger partial charge in [-0.2, -0.15) is 13.2 Å². The molecule has 1 N–H and O–H groups in total. The van der Waals surface area contributed by atoms with E-state index in [0.717, 1.165) is 17.4 Å². The molecule has 0 saturated carbocycles. The maximum atomic E-state index is 13.6. The smallest absolute Gasteiger partial charge is 0.207 e. The molecule has 0 aliphatic heterocycles. The van der Waals surface area contributed by atoms with Gasteiger partial charge in [-0.3, -0.25) is 0 Å². The third kappa shape index (κ3) is 4.06. The van der Waals surface area contributed by atoms with Crippen LogP contribution in [0.1, 0.15) is 11.1 Å². The Hall–Kier alpha value is -0.970. The highest BCUT2D eigenvalue weighted by Crippen LogP contribution is 2.30. The molecule has 0 aliphatic rings. The van der Waals surface area contributed by atoms with Crippen molar-refractivity contribution in [2.24, 2.45) is 0 Å². The highest BCUT2D eigenvalue weighted by atomic mass is 79.9. The van der Waals surface area contributed by atoms with Gasteiger partial charge in [0.2, 0.25) is 10.0 Å². The van der Waals surface area contributed by atoms with Crippen molar-refractivity contribution in [2.75, 3.05) is 0 Å². The van der Waals surface area contributed by atoms with Crippen LogP contribution in [0, 0.1) is 5.82 Å². The summed E-state index contributed by atoms with van der Waals surface area (Å²) < 4.78 is 77.5. The number of hydrogen-bond donors (Lipinski definition) is 1. The molecule has 3 nitrogen and oxygen atoms in total. The van der Waals surface area contributed by atoms with E-state index in [9.17, 15) is 26.0 Å². The van der Waals surface area contributed by atoms with Gasteiger partial charge in [-0.1, -0.05) is 6.07 Å². The van der Waals surface area contributed by atoms with Crippen molar-refractivity contribution in [2.45, 2.75) is 16.9 Å². The average molecular weight is 418 g/mol. The first-order valence-corrected chi connectivity index (χ1v) is 8.79. The predicted octanol–water partition coefficient (Wildman–Crippen LogP) is 4.15. The number of alkyl halides is 3. The van der Waals surface area contributed by atoms with Crippen LogP contribution >= 0.6 is 27.3 Å². The van der Waals surface area contributed by atoms with Gasteiger partial charge in [0.1, 0.15) is 10.0 Å². The van der Waals surface area contributed by atoms with Crippen LogP contribution in [-0.2, 0) is 22.7 Å². The molecule has 0 aliphatic carbocycles. The Balaban J connectivity index is 2.15. The van der Waals surface area contributed by atoms with Gasteiger partial charge < -0.3 is 0 Å². The second-order valence-electron chi connectivity index (χ2n) is 4.19. The molecule has 0 atom stereocenters. The first-order valence-electron chi connectivity index (χ1n) is 5.70. The van der Waals surface area contributed by atoms with Gasteiger partial charge in [0.25, 0.3) is 0 Å². The lowest BCUT2D eigenvalue weighted by molar-refractivity contribution is -0.137. The molecule has 10 heteroatoms. The van der Waals surface area contributed by atoms with E-state index in [1.165, 1.54) is 12.1 Å². The molecule has 0 amide bonds. The van der Waals surface area contributed by atoms with Crippen LogP contribution in [0.3, 0.4) is 0 Å². The summed E-state index contributed by atoms with van der Waals surface area (Å²) in [7, 11) is -3.84. The molecule has 0 unspecified atom stereocenters. The van der Waals surface area contributed by atoms with E-state index in [4.69, 9.17) is 0 Å². The minimum Gasteiger partial charge on any atom is -0.207 e. The lowest BCUT2D eigenvalue weighted by Crippen LogP contribution is -2.23. The van der Waals surface area contributed by atoms with E-state index < -0.39 is 34.1 Å². The van der Waals surface area contributed by atoms with Crippen LogP contribution in [-0.4, -0.2) is 8.42 Å². The molecule has 0 saturated heterocycles. The van der Waals surface area contributed by atoms with Crippen molar-refractivity contribution >= 4 is 37.3 Å². The summed E-state index contributed by atoms with van der Waals surface area (Å²) in [6.07, 6.45) is -4.65. The lowest BCUT2D eigenvalue weighted by Gasteiger charge is -2.10. The molecule has 0 spiro atoms. The van der Waals surface area contributed by atoms with Crippen LogP contribution in [0.5, 0.6) is 0 Å². The molecule has 2 aromatic rings. The molecule has 1 aromatic carbocycles. The maximum Gasteiger partial charge on any atom is 0.416 e. The number of halogens is 5. The topological polar surface area (TPSA) is 46.2 Å². The van der Waals surface area contributed by atoms with Gasteiger partial charge >= 0.3 is 6.18 Å². The fourth-order valence-electron chi connectivity index (χ4n) is 1.55. The molecular weight excluding hydrogens is 410 g/mol. The molecular formula is C12H8BrF4NO2S2. The fraction of sp³-hybridized carbons (Fsp3) is 0.167. The molecule has 2 rings (SSSR count). The van der Waals surface area contributed by atoms with Crippen molar-refractivity contribution in [1.82, 2.24) is 4.72 Å². The van der Waals surface area contributed by atoms with Crippen molar-refractivity contribution in [3.05, 3.63) is 51.1 Å². The van der Waals surface area contributed by atoms with E-state index in [2.05, 4.69) is 20.7 Å². The minimum absolute atomic E-state index is 0.0201. The third-order valence-corrected chi connectivity index (χ3v) is 6.16. The van der Waals surface area contributed by atoms with Gasteiger partial charge in [0, 0.05) is 12.1 Å². The number of benzene rings is 1. The highest BCUT2D eigenvalue weighted by Gasteiger charge is 2.31. The van der Waals surface area contributed by atoms with Crippen molar-refractivity contribution < 1.29 is 26.0 Å². The molecule has 0 fully saturated rings. The Morgan fingerprint density at radius 1 is 1.18 bits per heavy atom. The van der Waals surface area contributed by atoms with E-state index in [0.29, 0.717) is 15.9 Å². The first-order chi connectivity index (χ1) is 10.1. The van der Waals surface area contributed by atoms with Crippen LogP contribution in [0.4, 0.5) is 17.6 Å². The van der Waals surface area contributed by atoms with E-state index in [1.807, 2.05) is 0 Å². The van der Waals surface area contributed by atoms with Crippen LogP contribution < -0.4 is 4.72 Å². The van der Waals surface area contributed by atoms with Gasteiger partial charge in [-0.05, 0) is 40.2 Å². The molecule has 0 radical (unpaired) electrons. The van der Waals surface area contributed by atoms with E-state index in [1.54, 1.807) is 0 Å². The van der Waals surface area contributed by atoms with E-state index in [-0.39, 0.29) is 9.77 Å². The Morgan fingerprint density at radius 2 is 1.86 bits per heavy atom. The van der Waals surface area contributed by atoms with Crippen LogP contribution in [0.25, 0.3) is 0 Å². The average Bonchev–Trinajstić information content (AvgIpc) is 2.84. The highest BCUT2D eigenvalue weighted by molar-refractivity contribution is 9.11. The van der Waals surface area contributed by atoms with Gasteiger partial charge in [-0.15, -0.1) is 11.3 Å². The standard InChI is InChI=1S/C12H8BrF4NO2S2/c13-10-3-4-11(21-10)22(19,20)18-6-7-1-2-8(5-9(7)14)12(15,16)17/h1-5,18H,6H2. The zero-order chi connectivity index (χ0) is 16.5. The van der Waals surface area contributed by atoms with Crippen molar-refractivity contribution in [1.29, 1.82) is 0 Å². The Kier molecular flexibility index (Phi) is 4.95. The molecule has 22 heavy (non-hydrogen) atoms.